The van der Waals surface area contributed by atoms with Crippen molar-refractivity contribution >= 4 is 29.3 Å². The van der Waals surface area contributed by atoms with Crippen LogP contribution < -0.4 is 5.32 Å². The molecule has 0 bridgehead atoms. The number of anilines is 1. The third-order valence-corrected chi connectivity index (χ3v) is 6.12. The fourth-order valence-electron chi connectivity index (χ4n) is 2.27. The fraction of sp³-hybridized carbons (Fsp3) is 0.500. The molecule has 2 aromatic heterocycles. The van der Waals surface area contributed by atoms with Gasteiger partial charge in [0, 0.05) is 34.7 Å². The number of hydrogen-bond acceptors (Lipinski definition) is 6. The molecule has 1 atom stereocenters. The van der Waals surface area contributed by atoms with E-state index in [-0.39, 0.29) is 0 Å². The number of nitrogens with one attached hydrogen (secondary N) is 1. The average molecular weight is 321 g/mol. The topological polar surface area (TPSA) is 55.6 Å². The maximum absolute atomic E-state index is 4.42. The van der Waals surface area contributed by atoms with Crippen molar-refractivity contribution in [1.82, 2.24) is 20.0 Å². The van der Waals surface area contributed by atoms with Gasteiger partial charge in [0.15, 0.2) is 5.82 Å². The second-order valence-electron chi connectivity index (χ2n) is 5.06. The molecule has 1 aliphatic rings. The van der Waals surface area contributed by atoms with E-state index in [4.69, 9.17) is 0 Å². The molecule has 0 aliphatic carbocycles. The molecule has 5 nitrogen and oxygen atoms in total. The van der Waals surface area contributed by atoms with Crippen LogP contribution in [0.5, 0.6) is 0 Å². The molecule has 0 aromatic carbocycles. The number of aryl methyl sites for hydroxylation is 2. The van der Waals surface area contributed by atoms with Gasteiger partial charge in [-0.3, -0.25) is 0 Å². The predicted octanol–water partition coefficient (Wildman–Crippen LogP) is 2.54. The molecule has 2 aromatic rings. The summed E-state index contributed by atoms with van der Waals surface area (Å²) in [5, 5.41) is 17.0. The lowest BCUT2D eigenvalue weighted by atomic mass is 10.4. The summed E-state index contributed by atoms with van der Waals surface area (Å²) < 4.78 is 1.82. The minimum atomic E-state index is 0.668. The van der Waals surface area contributed by atoms with Gasteiger partial charge < -0.3 is 5.32 Å². The number of thioether (sulfide) groups is 2. The van der Waals surface area contributed by atoms with Crippen LogP contribution in [0, 0.1) is 13.8 Å². The van der Waals surface area contributed by atoms with Crippen LogP contribution in [0.2, 0.25) is 0 Å². The highest BCUT2D eigenvalue weighted by atomic mass is 32.2. The van der Waals surface area contributed by atoms with Gasteiger partial charge in [-0.25, -0.2) is 4.68 Å². The molecule has 7 heteroatoms. The first-order valence-corrected chi connectivity index (χ1v) is 9.23. The summed E-state index contributed by atoms with van der Waals surface area (Å²) in [5.41, 5.74) is 2.06. The molecule has 112 valence electrons. The van der Waals surface area contributed by atoms with Gasteiger partial charge in [-0.1, -0.05) is 0 Å². The van der Waals surface area contributed by atoms with E-state index in [0.29, 0.717) is 5.25 Å². The summed E-state index contributed by atoms with van der Waals surface area (Å²) in [6.45, 7) is 4.95. The van der Waals surface area contributed by atoms with Crippen LogP contribution in [0.1, 0.15) is 11.4 Å². The number of hydrogen-bond donors (Lipinski definition) is 1. The van der Waals surface area contributed by atoms with E-state index in [2.05, 4.69) is 20.6 Å². The quantitative estimate of drug-likeness (QED) is 0.934. The molecule has 3 heterocycles. The van der Waals surface area contributed by atoms with Crippen molar-refractivity contribution in [2.45, 2.75) is 19.1 Å². The van der Waals surface area contributed by atoms with Gasteiger partial charge in [0.25, 0.3) is 0 Å². The molecule has 1 unspecified atom stereocenters. The van der Waals surface area contributed by atoms with E-state index in [1.54, 1.807) is 0 Å². The Labute approximate surface area is 133 Å². The van der Waals surface area contributed by atoms with E-state index in [9.17, 15) is 0 Å². The van der Waals surface area contributed by atoms with Crippen LogP contribution >= 0.6 is 23.5 Å². The molecule has 0 amide bonds. The van der Waals surface area contributed by atoms with E-state index in [1.165, 1.54) is 17.3 Å². The second kappa shape index (κ2) is 6.70. The number of rotatable bonds is 4. The first kappa shape index (κ1) is 14.7. The Balaban J connectivity index is 1.62. The van der Waals surface area contributed by atoms with Crippen molar-refractivity contribution in [3.8, 4) is 5.82 Å². The maximum Gasteiger partial charge on any atom is 0.176 e. The Hall–Kier alpha value is -1.21. The summed E-state index contributed by atoms with van der Waals surface area (Å²) >= 11 is 4.07. The van der Waals surface area contributed by atoms with E-state index in [0.717, 1.165) is 29.6 Å². The van der Waals surface area contributed by atoms with Crippen molar-refractivity contribution in [3.63, 3.8) is 0 Å². The third kappa shape index (κ3) is 3.71. The molecule has 1 N–H and O–H groups in total. The first-order chi connectivity index (χ1) is 10.2. The Morgan fingerprint density at radius 2 is 2.19 bits per heavy atom. The molecular weight excluding hydrogens is 302 g/mol. The predicted molar refractivity (Wildman–Crippen MR) is 90.7 cm³/mol. The van der Waals surface area contributed by atoms with Crippen molar-refractivity contribution in [3.05, 3.63) is 29.6 Å². The van der Waals surface area contributed by atoms with E-state index >= 15 is 0 Å². The van der Waals surface area contributed by atoms with Gasteiger partial charge >= 0.3 is 0 Å². The van der Waals surface area contributed by atoms with Crippen LogP contribution in [-0.2, 0) is 0 Å². The minimum Gasteiger partial charge on any atom is -0.367 e. The summed E-state index contributed by atoms with van der Waals surface area (Å²) in [6.07, 6.45) is 0. The fourth-order valence-corrected chi connectivity index (χ4v) is 4.88. The molecule has 0 radical (unpaired) electrons. The standard InChI is InChI=1S/C14H19N5S2/c1-10-7-11(2)19(18-10)14-4-3-13(16-17-14)15-8-12-9-20-5-6-21-12/h3-4,7,12H,5-6,8-9H2,1-2H3,(H,15,16). The second-order valence-corrected chi connectivity index (χ2v) is 7.62. The normalized spacial score (nSPS) is 18.7. The van der Waals surface area contributed by atoms with Crippen molar-refractivity contribution < 1.29 is 0 Å². The Kier molecular flexibility index (Phi) is 4.70. The maximum atomic E-state index is 4.42. The summed E-state index contributed by atoms with van der Waals surface area (Å²) in [5.74, 6) is 5.33. The minimum absolute atomic E-state index is 0.668. The van der Waals surface area contributed by atoms with Crippen LogP contribution in [0.4, 0.5) is 5.82 Å². The SMILES string of the molecule is Cc1cc(C)n(-c2ccc(NCC3CSCCS3)nn2)n1. The highest BCUT2D eigenvalue weighted by molar-refractivity contribution is 8.06. The zero-order valence-electron chi connectivity index (χ0n) is 12.2. The van der Waals surface area contributed by atoms with Crippen molar-refractivity contribution in [2.75, 3.05) is 29.1 Å². The van der Waals surface area contributed by atoms with Gasteiger partial charge in [0.2, 0.25) is 0 Å². The van der Waals surface area contributed by atoms with Gasteiger partial charge in [-0.05, 0) is 32.0 Å². The molecule has 21 heavy (non-hydrogen) atoms. The Bertz CT molecular complexity index is 590. The first-order valence-electron chi connectivity index (χ1n) is 7.03. The summed E-state index contributed by atoms with van der Waals surface area (Å²) in [7, 11) is 0. The lowest BCUT2D eigenvalue weighted by molar-refractivity contribution is 0.781. The molecule has 3 rings (SSSR count). The lowest BCUT2D eigenvalue weighted by Crippen LogP contribution is -2.23. The molecule has 0 saturated carbocycles. The van der Waals surface area contributed by atoms with Gasteiger partial charge in [0.05, 0.1) is 5.69 Å². The third-order valence-electron chi connectivity index (χ3n) is 3.27. The average Bonchev–Trinajstić information content (AvgIpc) is 2.85. The van der Waals surface area contributed by atoms with E-state index in [1.807, 2.05) is 60.3 Å². The monoisotopic (exact) mass is 321 g/mol. The smallest absolute Gasteiger partial charge is 0.176 e. The summed E-state index contributed by atoms with van der Waals surface area (Å²) in [4.78, 5) is 0. The zero-order valence-corrected chi connectivity index (χ0v) is 13.9. The summed E-state index contributed by atoms with van der Waals surface area (Å²) in [6, 6.07) is 5.96. The molecule has 1 fully saturated rings. The zero-order chi connectivity index (χ0) is 14.7. The lowest BCUT2D eigenvalue weighted by Gasteiger charge is -2.21. The van der Waals surface area contributed by atoms with Crippen LogP contribution in [0.15, 0.2) is 18.2 Å². The highest BCUT2D eigenvalue weighted by Crippen LogP contribution is 2.24. The van der Waals surface area contributed by atoms with E-state index < -0.39 is 0 Å². The highest BCUT2D eigenvalue weighted by Gasteiger charge is 2.14. The molecular formula is C14H19N5S2. The van der Waals surface area contributed by atoms with Gasteiger partial charge in [0.1, 0.15) is 5.82 Å². The van der Waals surface area contributed by atoms with Crippen LogP contribution in [0.25, 0.3) is 5.82 Å². The largest absolute Gasteiger partial charge is 0.367 e. The Morgan fingerprint density at radius 3 is 2.81 bits per heavy atom. The van der Waals surface area contributed by atoms with Gasteiger partial charge in [-0.2, -0.15) is 28.6 Å². The number of aromatic nitrogens is 4. The van der Waals surface area contributed by atoms with Crippen molar-refractivity contribution in [2.24, 2.45) is 0 Å². The molecule has 1 saturated heterocycles. The molecule has 1 aliphatic heterocycles. The number of nitrogens with zero attached hydrogens (tertiary/aromatic N) is 4. The van der Waals surface area contributed by atoms with Crippen molar-refractivity contribution in [1.29, 1.82) is 0 Å². The molecule has 0 spiro atoms. The van der Waals surface area contributed by atoms with Crippen LogP contribution in [0.3, 0.4) is 0 Å². The van der Waals surface area contributed by atoms with Gasteiger partial charge in [-0.15, -0.1) is 10.2 Å². The van der Waals surface area contributed by atoms with Crippen LogP contribution in [-0.4, -0.2) is 49.0 Å². The Morgan fingerprint density at radius 1 is 1.29 bits per heavy atom.